The Hall–Kier alpha value is -3.14. The van der Waals surface area contributed by atoms with Crippen molar-refractivity contribution in [2.75, 3.05) is 5.32 Å². The van der Waals surface area contributed by atoms with Crippen LogP contribution in [0.2, 0.25) is 0 Å². The second kappa shape index (κ2) is 6.16. The third-order valence-electron chi connectivity index (χ3n) is 4.22. The molecule has 3 heterocycles. The number of anilines is 1. The van der Waals surface area contributed by atoms with Crippen LogP contribution in [-0.2, 0) is 0 Å². The van der Waals surface area contributed by atoms with E-state index in [1.54, 1.807) is 0 Å². The molecule has 0 fully saturated rings. The van der Waals surface area contributed by atoms with Gasteiger partial charge >= 0.3 is 0 Å². The molecule has 1 aromatic carbocycles. The number of H-pyrrole nitrogens is 2. The second-order valence-corrected chi connectivity index (χ2v) is 5.82. The molecule has 0 bridgehead atoms. The Morgan fingerprint density at radius 3 is 2.62 bits per heavy atom. The largest absolute Gasteiger partial charge is 0.358 e. The predicted molar refractivity (Wildman–Crippen MR) is 95.7 cm³/mol. The van der Waals surface area contributed by atoms with Gasteiger partial charge in [-0.3, -0.25) is 10.3 Å². The number of nitrogens with one attached hydrogen (secondary N) is 3. The number of benzene rings is 1. The quantitative estimate of drug-likeness (QED) is 0.600. The fourth-order valence-corrected chi connectivity index (χ4v) is 3.15. The van der Waals surface area contributed by atoms with E-state index < -0.39 is 0 Å². The number of aryl methyl sites for hydroxylation is 1. The van der Waals surface area contributed by atoms with Crippen LogP contribution >= 0.6 is 0 Å². The Morgan fingerprint density at radius 2 is 1.83 bits per heavy atom. The molecule has 0 aliphatic carbocycles. The van der Waals surface area contributed by atoms with E-state index in [1.807, 2.05) is 42.7 Å². The molecule has 0 amide bonds. The van der Waals surface area contributed by atoms with E-state index in [0.29, 0.717) is 0 Å². The maximum Gasteiger partial charge on any atom is 0.272 e. The van der Waals surface area contributed by atoms with Crippen LogP contribution in [0.15, 0.2) is 73.1 Å². The van der Waals surface area contributed by atoms with E-state index in [1.165, 1.54) is 10.9 Å². The van der Waals surface area contributed by atoms with Gasteiger partial charge in [0.15, 0.2) is 6.04 Å². The van der Waals surface area contributed by atoms with Crippen molar-refractivity contribution in [1.29, 1.82) is 0 Å². The van der Waals surface area contributed by atoms with Crippen molar-refractivity contribution in [3.63, 3.8) is 0 Å². The highest BCUT2D eigenvalue weighted by atomic mass is 15.0. The summed E-state index contributed by atoms with van der Waals surface area (Å²) in [6.07, 6.45) is 3.75. The zero-order valence-corrected chi connectivity index (χ0v) is 13.5. The molecule has 0 aliphatic rings. The molecule has 4 rings (SSSR count). The fraction of sp³-hybridized carbons (Fsp3) is 0.100. The summed E-state index contributed by atoms with van der Waals surface area (Å²) in [7, 11) is 0. The lowest BCUT2D eigenvalue weighted by Gasteiger charge is -2.15. The van der Waals surface area contributed by atoms with Crippen LogP contribution in [0.4, 0.5) is 5.82 Å². The van der Waals surface area contributed by atoms with E-state index >= 15 is 0 Å². The zero-order valence-electron chi connectivity index (χ0n) is 13.5. The number of hydrogen-bond donors (Lipinski definition) is 2. The minimum Gasteiger partial charge on any atom is -0.358 e. The van der Waals surface area contributed by atoms with Crippen molar-refractivity contribution in [3.05, 3.63) is 90.0 Å². The number of aromatic amines is 2. The van der Waals surface area contributed by atoms with Gasteiger partial charge in [0.1, 0.15) is 0 Å². The first-order valence-electron chi connectivity index (χ1n) is 8.04. The van der Waals surface area contributed by atoms with Crippen LogP contribution in [-0.4, -0.2) is 9.97 Å². The molecule has 24 heavy (non-hydrogen) atoms. The third kappa shape index (κ3) is 2.63. The smallest absolute Gasteiger partial charge is 0.272 e. The molecule has 0 saturated heterocycles. The van der Waals surface area contributed by atoms with Crippen LogP contribution in [0.5, 0.6) is 0 Å². The first kappa shape index (κ1) is 14.5. The average molecular weight is 315 g/mol. The molecule has 4 nitrogen and oxygen atoms in total. The van der Waals surface area contributed by atoms with E-state index in [2.05, 4.69) is 57.5 Å². The summed E-state index contributed by atoms with van der Waals surface area (Å²) in [5.74, 6) is 0.956. The first-order chi connectivity index (χ1) is 11.8. The molecule has 3 N–H and O–H groups in total. The van der Waals surface area contributed by atoms with Gasteiger partial charge in [-0.25, -0.2) is 4.98 Å². The topological polar surface area (TPSA) is 54.9 Å². The van der Waals surface area contributed by atoms with Crippen molar-refractivity contribution in [2.45, 2.75) is 13.0 Å². The summed E-state index contributed by atoms with van der Waals surface area (Å²) >= 11 is 0. The molecule has 118 valence electrons. The minimum atomic E-state index is -0.0407. The number of aromatic nitrogens is 3. The Bertz CT molecular complexity index is 945. The van der Waals surface area contributed by atoms with Gasteiger partial charge < -0.3 is 4.98 Å². The van der Waals surface area contributed by atoms with E-state index in [4.69, 9.17) is 0 Å². The number of fused-ring (bicyclic) bond motifs is 1. The number of rotatable bonds is 4. The highest BCUT2D eigenvalue weighted by molar-refractivity contribution is 5.86. The minimum absolute atomic E-state index is 0.0407. The van der Waals surface area contributed by atoms with Gasteiger partial charge in [-0.1, -0.05) is 30.3 Å². The summed E-state index contributed by atoms with van der Waals surface area (Å²) in [6.45, 7) is 2.11. The predicted octanol–water partition coefficient (Wildman–Crippen LogP) is 3.89. The molecule has 0 aliphatic heterocycles. The van der Waals surface area contributed by atoms with Gasteiger partial charge in [-0.15, -0.1) is 0 Å². The molecule has 4 aromatic rings. The van der Waals surface area contributed by atoms with E-state index in [-0.39, 0.29) is 6.04 Å². The maximum absolute atomic E-state index is 4.59. The average Bonchev–Trinajstić information content (AvgIpc) is 2.97. The Balaban J connectivity index is 1.87. The molecular formula is C20H19N4+. The molecule has 0 spiro atoms. The summed E-state index contributed by atoms with van der Waals surface area (Å²) in [4.78, 5) is 11.3. The van der Waals surface area contributed by atoms with E-state index in [9.17, 15) is 0 Å². The van der Waals surface area contributed by atoms with Gasteiger partial charge in [0, 0.05) is 34.4 Å². The standard InChI is InChI=1S/C20H18N4/c1-14-19(15-8-2-3-9-16(15)23-14)20(17-10-4-6-12-21-17)24-18-11-5-7-13-22-18/h2-13,20,23H,1H3,(H,22,24)/p+1/t20-/m1/s1. The highest BCUT2D eigenvalue weighted by Gasteiger charge is 2.25. The van der Waals surface area contributed by atoms with Crippen molar-refractivity contribution in [1.82, 2.24) is 9.97 Å². The van der Waals surface area contributed by atoms with E-state index in [0.717, 1.165) is 22.7 Å². The number of hydrogen-bond acceptors (Lipinski definition) is 2. The van der Waals surface area contributed by atoms with Crippen LogP contribution in [0.25, 0.3) is 10.9 Å². The maximum atomic E-state index is 4.59. The van der Waals surface area contributed by atoms with Gasteiger partial charge in [-0.2, -0.15) is 0 Å². The van der Waals surface area contributed by atoms with Crippen LogP contribution in [0.3, 0.4) is 0 Å². The monoisotopic (exact) mass is 315 g/mol. The van der Waals surface area contributed by atoms with Crippen LogP contribution < -0.4 is 10.3 Å². The number of nitrogens with zero attached hydrogens (tertiary/aromatic N) is 1. The van der Waals surface area contributed by atoms with Crippen LogP contribution in [0.1, 0.15) is 23.0 Å². The Morgan fingerprint density at radius 1 is 1.00 bits per heavy atom. The molecular weight excluding hydrogens is 296 g/mol. The Kier molecular flexibility index (Phi) is 3.71. The van der Waals surface area contributed by atoms with Gasteiger partial charge in [-0.05, 0) is 31.2 Å². The summed E-state index contributed by atoms with van der Waals surface area (Å²) in [5, 5.41) is 4.81. The van der Waals surface area contributed by atoms with Crippen LogP contribution in [0, 0.1) is 6.92 Å². The molecule has 0 radical (unpaired) electrons. The first-order valence-corrected chi connectivity index (χ1v) is 8.04. The number of pyridine rings is 2. The normalized spacial score (nSPS) is 12.2. The fourth-order valence-electron chi connectivity index (χ4n) is 3.15. The van der Waals surface area contributed by atoms with Crippen molar-refractivity contribution in [2.24, 2.45) is 0 Å². The Labute approximate surface area is 140 Å². The molecule has 4 heteroatoms. The zero-order chi connectivity index (χ0) is 16.4. The molecule has 0 unspecified atom stereocenters. The summed E-state index contributed by atoms with van der Waals surface area (Å²) in [6, 6.07) is 20.4. The molecule has 0 saturated carbocycles. The lowest BCUT2D eigenvalue weighted by Crippen LogP contribution is -2.20. The van der Waals surface area contributed by atoms with Crippen molar-refractivity contribution < 1.29 is 4.98 Å². The van der Waals surface area contributed by atoms with Crippen molar-refractivity contribution in [3.8, 4) is 0 Å². The SMILES string of the molecule is Cc1[nH]c2ccccc2c1[C@H](Nc1cccc[nH+]1)c1ccccn1. The number of para-hydroxylation sites is 1. The molecule has 3 aromatic heterocycles. The van der Waals surface area contributed by atoms with Gasteiger partial charge in [0.2, 0.25) is 0 Å². The second-order valence-electron chi connectivity index (χ2n) is 5.82. The van der Waals surface area contributed by atoms with Gasteiger partial charge in [0.25, 0.3) is 5.82 Å². The van der Waals surface area contributed by atoms with Crippen molar-refractivity contribution >= 4 is 16.7 Å². The lowest BCUT2D eigenvalue weighted by molar-refractivity contribution is -0.361. The molecule has 1 atom stereocenters. The third-order valence-corrected chi connectivity index (χ3v) is 4.22. The van der Waals surface area contributed by atoms with Gasteiger partial charge in [0.05, 0.1) is 11.9 Å². The lowest BCUT2D eigenvalue weighted by atomic mass is 9.99. The summed E-state index contributed by atoms with van der Waals surface area (Å²) < 4.78 is 0. The highest BCUT2D eigenvalue weighted by Crippen LogP contribution is 2.32. The summed E-state index contributed by atoms with van der Waals surface area (Å²) in [5.41, 5.74) is 4.50.